The molecule has 0 radical (unpaired) electrons. The van der Waals surface area contributed by atoms with Gasteiger partial charge >= 0.3 is 0 Å². The van der Waals surface area contributed by atoms with Crippen LogP contribution in [-0.4, -0.2) is 13.7 Å². The van der Waals surface area contributed by atoms with Gasteiger partial charge < -0.3 is 10.1 Å². The van der Waals surface area contributed by atoms with Gasteiger partial charge in [0.1, 0.15) is 5.75 Å². The van der Waals surface area contributed by atoms with Gasteiger partial charge in [0.25, 0.3) is 0 Å². The number of fused-ring (bicyclic) bond motifs is 1. The van der Waals surface area contributed by atoms with Crippen LogP contribution in [0.4, 0.5) is 5.69 Å². The van der Waals surface area contributed by atoms with Gasteiger partial charge in [0, 0.05) is 12.2 Å². The molecule has 15 heavy (non-hydrogen) atoms. The third-order valence-corrected chi connectivity index (χ3v) is 3.33. The van der Waals surface area contributed by atoms with E-state index in [1.807, 2.05) is 0 Å². The predicted octanol–water partition coefficient (Wildman–Crippen LogP) is 3.10. The minimum Gasteiger partial charge on any atom is -0.497 e. The summed E-state index contributed by atoms with van der Waals surface area (Å²) in [7, 11) is 1.73. The third-order valence-electron chi connectivity index (χ3n) is 3.33. The molecule has 0 aromatic heterocycles. The predicted molar refractivity (Wildman–Crippen MR) is 63.9 cm³/mol. The lowest BCUT2D eigenvalue weighted by Gasteiger charge is -2.34. The lowest BCUT2D eigenvalue weighted by Crippen LogP contribution is -2.28. The van der Waals surface area contributed by atoms with Crippen LogP contribution in [-0.2, 0) is 5.41 Å². The van der Waals surface area contributed by atoms with Crippen molar-refractivity contribution in [3.05, 3.63) is 23.3 Å². The molecule has 0 bridgehead atoms. The third kappa shape index (κ3) is 1.69. The van der Waals surface area contributed by atoms with Gasteiger partial charge in [-0.1, -0.05) is 13.8 Å². The van der Waals surface area contributed by atoms with Gasteiger partial charge in [-0.25, -0.2) is 0 Å². The summed E-state index contributed by atoms with van der Waals surface area (Å²) >= 11 is 0. The first kappa shape index (κ1) is 10.3. The standard InChI is InChI=1S/C13H19NO/c1-9-7-10(15-4)8-11-12(9)14-6-5-13(11,2)3/h7-8,14H,5-6H2,1-4H3. The summed E-state index contributed by atoms with van der Waals surface area (Å²) in [6, 6.07) is 4.25. The molecule has 2 nitrogen and oxygen atoms in total. The van der Waals surface area contributed by atoms with Gasteiger partial charge in [-0.15, -0.1) is 0 Å². The summed E-state index contributed by atoms with van der Waals surface area (Å²) in [5, 5.41) is 3.48. The summed E-state index contributed by atoms with van der Waals surface area (Å²) in [6.45, 7) is 7.79. The molecule has 1 aromatic rings. The number of aryl methyl sites for hydroxylation is 1. The normalized spacial score (nSPS) is 17.9. The number of ether oxygens (including phenoxy) is 1. The van der Waals surface area contributed by atoms with E-state index in [2.05, 4.69) is 38.2 Å². The molecule has 0 unspecified atom stereocenters. The van der Waals surface area contributed by atoms with Crippen molar-refractivity contribution in [2.24, 2.45) is 0 Å². The Labute approximate surface area is 91.6 Å². The lowest BCUT2D eigenvalue weighted by atomic mass is 9.77. The summed E-state index contributed by atoms with van der Waals surface area (Å²) in [5.74, 6) is 0.961. The highest BCUT2D eigenvalue weighted by Crippen LogP contribution is 2.40. The number of nitrogens with one attached hydrogen (secondary N) is 1. The summed E-state index contributed by atoms with van der Waals surface area (Å²) in [5.41, 5.74) is 4.20. The molecule has 1 aliphatic rings. The van der Waals surface area contributed by atoms with Crippen molar-refractivity contribution >= 4 is 5.69 Å². The molecule has 0 saturated heterocycles. The zero-order chi connectivity index (χ0) is 11.1. The maximum atomic E-state index is 5.33. The van der Waals surface area contributed by atoms with Gasteiger partial charge in [0.2, 0.25) is 0 Å². The number of hydrogen-bond donors (Lipinski definition) is 1. The molecular formula is C13H19NO. The fourth-order valence-electron chi connectivity index (χ4n) is 2.27. The number of hydrogen-bond acceptors (Lipinski definition) is 2. The van der Waals surface area contributed by atoms with E-state index in [-0.39, 0.29) is 5.41 Å². The Hall–Kier alpha value is -1.18. The van der Waals surface area contributed by atoms with Crippen LogP contribution in [0.15, 0.2) is 12.1 Å². The van der Waals surface area contributed by atoms with Crippen LogP contribution in [0.5, 0.6) is 5.75 Å². The molecule has 82 valence electrons. The largest absolute Gasteiger partial charge is 0.497 e. The number of anilines is 1. The molecule has 0 saturated carbocycles. The zero-order valence-corrected chi connectivity index (χ0v) is 9.98. The fourth-order valence-corrected chi connectivity index (χ4v) is 2.27. The Morgan fingerprint density at radius 1 is 1.33 bits per heavy atom. The second-order valence-electron chi connectivity index (χ2n) is 4.93. The molecule has 1 heterocycles. The van der Waals surface area contributed by atoms with Crippen molar-refractivity contribution in [3.8, 4) is 5.75 Å². The van der Waals surface area contributed by atoms with Crippen LogP contribution in [0, 0.1) is 6.92 Å². The molecular weight excluding hydrogens is 186 g/mol. The zero-order valence-electron chi connectivity index (χ0n) is 9.98. The first-order chi connectivity index (χ1) is 7.04. The highest BCUT2D eigenvalue weighted by molar-refractivity contribution is 5.64. The second kappa shape index (κ2) is 3.44. The van der Waals surface area contributed by atoms with Gasteiger partial charge in [0.05, 0.1) is 7.11 Å². The van der Waals surface area contributed by atoms with Crippen molar-refractivity contribution in [1.29, 1.82) is 0 Å². The van der Waals surface area contributed by atoms with Crippen molar-refractivity contribution in [2.75, 3.05) is 19.0 Å². The van der Waals surface area contributed by atoms with Gasteiger partial charge in [-0.3, -0.25) is 0 Å². The average molecular weight is 205 g/mol. The van der Waals surface area contributed by atoms with E-state index in [0.29, 0.717) is 0 Å². The SMILES string of the molecule is COc1cc(C)c2c(c1)C(C)(C)CCN2. The van der Waals surface area contributed by atoms with Crippen LogP contribution < -0.4 is 10.1 Å². The van der Waals surface area contributed by atoms with E-state index in [0.717, 1.165) is 12.3 Å². The van der Waals surface area contributed by atoms with Crippen molar-refractivity contribution in [2.45, 2.75) is 32.6 Å². The van der Waals surface area contributed by atoms with E-state index in [9.17, 15) is 0 Å². The number of benzene rings is 1. The Morgan fingerprint density at radius 2 is 2.07 bits per heavy atom. The van der Waals surface area contributed by atoms with Gasteiger partial charge in [-0.2, -0.15) is 0 Å². The average Bonchev–Trinajstić information content (AvgIpc) is 2.18. The quantitative estimate of drug-likeness (QED) is 0.760. The monoisotopic (exact) mass is 205 g/mol. The van der Waals surface area contributed by atoms with Crippen LogP contribution in [0.25, 0.3) is 0 Å². The Bertz CT molecular complexity index is 382. The van der Waals surface area contributed by atoms with E-state index in [4.69, 9.17) is 4.74 Å². The second-order valence-corrected chi connectivity index (χ2v) is 4.93. The van der Waals surface area contributed by atoms with Gasteiger partial charge in [-0.05, 0) is 42.0 Å². The molecule has 1 aliphatic heterocycles. The van der Waals surface area contributed by atoms with Crippen LogP contribution >= 0.6 is 0 Å². The summed E-state index contributed by atoms with van der Waals surface area (Å²) in [4.78, 5) is 0. The smallest absolute Gasteiger partial charge is 0.119 e. The van der Waals surface area contributed by atoms with E-state index in [1.165, 1.54) is 23.2 Å². The topological polar surface area (TPSA) is 21.3 Å². The summed E-state index contributed by atoms with van der Waals surface area (Å²) in [6.07, 6.45) is 1.17. The first-order valence-corrected chi connectivity index (χ1v) is 5.47. The molecule has 2 rings (SSSR count). The summed E-state index contributed by atoms with van der Waals surface area (Å²) < 4.78 is 5.33. The maximum absolute atomic E-state index is 5.33. The van der Waals surface area contributed by atoms with Crippen molar-refractivity contribution in [1.82, 2.24) is 0 Å². The number of rotatable bonds is 1. The fraction of sp³-hybridized carbons (Fsp3) is 0.538. The van der Waals surface area contributed by atoms with Gasteiger partial charge in [0.15, 0.2) is 0 Å². The molecule has 1 N–H and O–H groups in total. The van der Waals surface area contributed by atoms with E-state index in [1.54, 1.807) is 7.11 Å². The van der Waals surface area contributed by atoms with Crippen LogP contribution in [0.3, 0.4) is 0 Å². The minimum atomic E-state index is 0.250. The Kier molecular flexibility index (Phi) is 2.37. The minimum absolute atomic E-state index is 0.250. The van der Waals surface area contributed by atoms with Crippen molar-refractivity contribution < 1.29 is 4.74 Å². The molecule has 1 aromatic carbocycles. The van der Waals surface area contributed by atoms with E-state index >= 15 is 0 Å². The van der Waals surface area contributed by atoms with E-state index < -0.39 is 0 Å². The van der Waals surface area contributed by atoms with Crippen molar-refractivity contribution in [3.63, 3.8) is 0 Å². The highest BCUT2D eigenvalue weighted by atomic mass is 16.5. The molecule has 2 heteroatoms. The molecule has 0 spiro atoms. The Balaban J connectivity index is 2.59. The van der Waals surface area contributed by atoms with Crippen LogP contribution in [0.2, 0.25) is 0 Å². The Morgan fingerprint density at radius 3 is 2.73 bits per heavy atom. The molecule has 0 amide bonds. The van der Waals surface area contributed by atoms with Crippen LogP contribution in [0.1, 0.15) is 31.4 Å². The lowest BCUT2D eigenvalue weighted by molar-refractivity contribution is 0.409. The number of methoxy groups -OCH3 is 1. The molecule has 0 atom stereocenters. The highest BCUT2D eigenvalue weighted by Gasteiger charge is 2.28. The molecule has 0 fully saturated rings. The molecule has 0 aliphatic carbocycles. The first-order valence-electron chi connectivity index (χ1n) is 5.47. The maximum Gasteiger partial charge on any atom is 0.119 e.